The summed E-state index contributed by atoms with van der Waals surface area (Å²) in [4.78, 5) is 13.3. The van der Waals surface area contributed by atoms with Gasteiger partial charge in [-0.25, -0.2) is 4.68 Å². The van der Waals surface area contributed by atoms with Crippen LogP contribution in [-0.2, 0) is 4.79 Å². The van der Waals surface area contributed by atoms with Crippen molar-refractivity contribution in [1.82, 2.24) is 14.9 Å². The molecule has 1 amide bonds. The lowest BCUT2D eigenvalue weighted by atomic mass is 10.2. The number of aryl methyl sites for hydroxylation is 1. The Hall–Kier alpha value is -2.32. The number of benzene rings is 1. The van der Waals surface area contributed by atoms with E-state index in [1.807, 2.05) is 55.6 Å². The van der Waals surface area contributed by atoms with Crippen molar-refractivity contribution in [3.63, 3.8) is 0 Å². The molecular formula is C16H17N5OS2. The van der Waals surface area contributed by atoms with Gasteiger partial charge in [0.05, 0.1) is 10.1 Å². The molecule has 0 aliphatic heterocycles. The van der Waals surface area contributed by atoms with Gasteiger partial charge in [-0.3, -0.25) is 4.79 Å². The molecule has 0 unspecified atom stereocenters. The van der Waals surface area contributed by atoms with Gasteiger partial charge in [0, 0.05) is 5.69 Å². The molecular weight excluding hydrogens is 342 g/mol. The minimum Gasteiger partial charge on any atom is -0.335 e. The highest BCUT2D eigenvalue weighted by Crippen LogP contribution is 2.27. The van der Waals surface area contributed by atoms with Crippen LogP contribution >= 0.6 is 23.1 Å². The standard InChI is InChI=1S/C16H17N5OS2/c1-10-5-7-12(8-6-10)18-15(22)11(2)24-16-20-19-14(21(16)17)13-4-3-9-23-13/h3-9,11H,17H2,1-2H3,(H,18,22)/t11-/m0/s1. The summed E-state index contributed by atoms with van der Waals surface area (Å²) in [5.41, 5.74) is 1.92. The lowest BCUT2D eigenvalue weighted by Crippen LogP contribution is -2.23. The third-order valence-corrected chi connectivity index (χ3v) is 5.30. The average molecular weight is 359 g/mol. The van der Waals surface area contributed by atoms with Gasteiger partial charge in [-0.05, 0) is 37.4 Å². The topological polar surface area (TPSA) is 85.8 Å². The molecule has 0 aliphatic carbocycles. The maximum absolute atomic E-state index is 12.3. The van der Waals surface area contributed by atoms with Crippen LogP contribution in [0.3, 0.4) is 0 Å². The zero-order chi connectivity index (χ0) is 17.1. The monoisotopic (exact) mass is 359 g/mol. The Kier molecular flexibility index (Phi) is 4.86. The van der Waals surface area contributed by atoms with E-state index in [9.17, 15) is 4.79 Å². The highest BCUT2D eigenvalue weighted by atomic mass is 32.2. The zero-order valence-electron chi connectivity index (χ0n) is 13.3. The van der Waals surface area contributed by atoms with Gasteiger partial charge in [-0.2, -0.15) is 0 Å². The molecule has 0 spiro atoms. The second-order valence-corrected chi connectivity index (χ2v) is 7.52. The SMILES string of the molecule is Cc1ccc(NC(=O)[C@H](C)Sc2nnc(-c3cccs3)n2N)cc1. The molecule has 0 radical (unpaired) electrons. The van der Waals surface area contributed by atoms with Crippen LogP contribution < -0.4 is 11.2 Å². The number of carbonyl (C=O) groups excluding carboxylic acids is 1. The van der Waals surface area contributed by atoms with Crippen molar-refractivity contribution in [1.29, 1.82) is 0 Å². The number of hydrogen-bond acceptors (Lipinski definition) is 6. The van der Waals surface area contributed by atoms with E-state index in [1.165, 1.54) is 27.8 Å². The summed E-state index contributed by atoms with van der Waals surface area (Å²) < 4.78 is 1.42. The maximum Gasteiger partial charge on any atom is 0.237 e. The number of hydrogen-bond donors (Lipinski definition) is 2. The van der Waals surface area contributed by atoms with E-state index >= 15 is 0 Å². The number of nitrogens with zero attached hydrogens (tertiary/aromatic N) is 3. The largest absolute Gasteiger partial charge is 0.335 e. The second-order valence-electron chi connectivity index (χ2n) is 5.27. The average Bonchev–Trinajstić information content (AvgIpc) is 3.20. The lowest BCUT2D eigenvalue weighted by molar-refractivity contribution is -0.115. The third kappa shape index (κ3) is 3.60. The van der Waals surface area contributed by atoms with Crippen molar-refractivity contribution in [3.05, 3.63) is 47.3 Å². The molecule has 3 aromatic rings. The Bertz CT molecular complexity index is 827. The van der Waals surface area contributed by atoms with Crippen LogP contribution in [0.4, 0.5) is 5.69 Å². The minimum absolute atomic E-state index is 0.107. The third-order valence-electron chi connectivity index (χ3n) is 3.38. The molecule has 1 atom stereocenters. The van der Waals surface area contributed by atoms with Crippen molar-refractivity contribution < 1.29 is 4.79 Å². The summed E-state index contributed by atoms with van der Waals surface area (Å²) in [6, 6.07) is 11.5. The van der Waals surface area contributed by atoms with Crippen LogP contribution in [-0.4, -0.2) is 26.0 Å². The molecule has 0 saturated heterocycles. The molecule has 8 heteroatoms. The number of anilines is 1. The van der Waals surface area contributed by atoms with Gasteiger partial charge in [0.1, 0.15) is 0 Å². The van der Waals surface area contributed by atoms with Crippen LogP contribution in [0.15, 0.2) is 46.9 Å². The highest BCUT2D eigenvalue weighted by Gasteiger charge is 2.20. The van der Waals surface area contributed by atoms with Crippen LogP contribution in [0, 0.1) is 6.92 Å². The molecule has 6 nitrogen and oxygen atoms in total. The summed E-state index contributed by atoms with van der Waals surface area (Å²) in [6.07, 6.45) is 0. The Balaban J connectivity index is 1.67. The molecule has 2 aromatic heterocycles. The predicted octanol–water partition coefficient (Wildman–Crippen LogP) is 3.15. The van der Waals surface area contributed by atoms with Gasteiger partial charge in [-0.1, -0.05) is 35.5 Å². The Morgan fingerprint density at radius 1 is 1.29 bits per heavy atom. The Morgan fingerprint density at radius 3 is 2.71 bits per heavy atom. The van der Waals surface area contributed by atoms with E-state index in [4.69, 9.17) is 5.84 Å². The van der Waals surface area contributed by atoms with Gasteiger partial charge in [-0.15, -0.1) is 21.5 Å². The first-order valence-electron chi connectivity index (χ1n) is 7.33. The van der Waals surface area contributed by atoms with Crippen molar-refractivity contribution in [3.8, 4) is 10.7 Å². The molecule has 0 bridgehead atoms. The van der Waals surface area contributed by atoms with Crippen molar-refractivity contribution in [2.45, 2.75) is 24.3 Å². The van der Waals surface area contributed by atoms with Crippen molar-refractivity contribution >= 4 is 34.7 Å². The Labute approximate surface area is 148 Å². The van der Waals surface area contributed by atoms with Gasteiger partial charge in [0.2, 0.25) is 11.1 Å². The fraction of sp³-hybridized carbons (Fsp3) is 0.188. The van der Waals surface area contributed by atoms with E-state index in [1.54, 1.807) is 0 Å². The number of nitrogen functional groups attached to an aromatic ring is 1. The van der Waals surface area contributed by atoms with E-state index in [-0.39, 0.29) is 11.2 Å². The number of aromatic nitrogens is 3. The van der Waals surface area contributed by atoms with Crippen LogP contribution in [0.25, 0.3) is 10.7 Å². The van der Waals surface area contributed by atoms with Crippen LogP contribution in [0.5, 0.6) is 0 Å². The first-order valence-corrected chi connectivity index (χ1v) is 9.09. The molecule has 1 aromatic carbocycles. The van der Waals surface area contributed by atoms with E-state index in [0.29, 0.717) is 11.0 Å². The van der Waals surface area contributed by atoms with Crippen LogP contribution in [0.2, 0.25) is 0 Å². The van der Waals surface area contributed by atoms with Gasteiger partial charge in [0.15, 0.2) is 5.82 Å². The predicted molar refractivity (Wildman–Crippen MR) is 98.6 cm³/mol. The molecule has 2 heterocycles. The first-order chi connectivity index (χ1) is 11.5. The summed E-state index contributed by atoms with van der Waals surface area (Å²) in [6.45, 7) is 3.82. The van der Waals surface area contributed by atoms with E-state index in [2.05, 4.69) is 15.5 Å². The summed E-state index contributed by atoms with van der Waals surface area (Å²) in [5.74, 6) is 6.55. The number of nitrogens with one attached hydrogen (secondary N) is 1. The molecule has 0 fully saturated rings. The van der Waals surface area contributed by atoms with Crippen molar-refractivity contribution in [2.24, 2.45) is 0 Å². The van der Waals surface area contributed by atoms with Gasteiger partial charge >= 0.3 is 0 Å². The normalized spacial score (nSPS) is 12.1. The zero-order valence-corrected chi connectivity index (χ0v) is 14.9. The molecule has 3 N–H and O–H groups in total. The van der Waals surface area contributed by atoms with E-state index in [0.717, 1.165) is 16.1 Å². The number of amides is 1. The number of thioether (sulfide) groups is 1. The van der Waals surface area contributed by atoms with Crippen LogP contribution in [0.1, 0.15) is 12.5 Å². The van der Waals surface area contributed by atoms with E-state index < -0.39 is 0 Å². The molecule has 0 saturated carbocycles. The Morgan fingerprint density at radius 2 is 2.04 bits per heavy atom. The quantitative estimate of drug-likeness (QED) is 0.540. The van der Waals surface area contributed by atoms with Gasteiger partial charge in [0.25, 0.3) is 0 Å². The number of carbonyl (C=O) groups is 1. The maximum atomic E-state index is 12.3. The highest BCUT2D eigenvalue weighted by molar-refractivity contribution is 8.00. The molecule has 124 valence electrons. The second kappa shape index (κ2) is 7.06. The lowest BCUT2D eigenvalue weighted by Gasteiger charge is -2.11. The summed E-state index contributed by atoms with van der Waals surface area (Å²) in [5, 5.41) is 13.2. The fourth-order valence-corrected chi connectivity index (χ4v) is 3.50. The smallest absolute Gasteiger partial charge is 0.237 e. The first kappa shape index (κ1) is 16.5. The molecule has 3 rings (SSSR count). The number of nitrogens with two attached hydrogens (primary N) is 1. The summed E-state index contributed by atoms with van der Waals surface area (Å²) >= 11 is 2.82. The summed E-state index contributed by atoms with van der Waals surface area (Å²) in [7, 11) is 0. The van der Waals surface area contributed by atoms with Gasteiger partial charge < -0.3 is 11.2 Å². The van der Waals surface area contributed by atoms with Crippen molar-refractivity contribution in [2.75, 3.05) is 11.2 Å². The number of rotatable bonds is 5. The molecule has 0 aliphatic rings. The number of thiophene rings is 1. The fourth-order valence-electron chi connectivity index (χ4n) is 2.02. The molecule has 24 heavy (non-hydrogen) atoms. The minimum atomic E-state index is -0.353.